The lowest BCUT2D eigenvalue weighted by molar-refractivity contribution is -0.126. The van der Waals surface area contributed by atoms with Crippen molar-refractivity contribution in [1.29, 1.82) is 0 Å². The molecule has 1 aliphatic carbocycles. The Morgan fingerprint density at radius 3 is 2.52 bits per heavy atom. The summed E-state index contributed by atoms with van der Waals surface area (Å²) in [4.78, 5) is 44.8. The van der Waals surface area contributed by atoms with Gasteiger partial charge in [0.25, 0.3) is 0 Å². The Morgan fingerprint density at radius 1 is 1.22 bits per heavy atom. The van der Waals surface area contributed by atoms with Crippen LogP contribution in [0.3, 0.4) is 0 Å². The average molecular weight is 404 g/mol. The summed E-state index contributed by atoms with van der Waals surface area (Å²) in [6.07, 6.45) is 3.67. The molecule has 142 valence electrons. The number of carbonyl (C=O) groups excluding carboxylic acids is 3. The summed E-state index contributed by atoms with van der Waals surface area (Å²) in [6.45, 7) is 0. The van der Waals surface area contributed by atoms with Crippen LogP contribution < -0.4 is 4.90 Å². The molecule has 1 saturated carbocycles. The summed E-state index contributed by atoms with van der Waals surface area (Å²) < 4.78 is 1.73. The summed E-state index contributed by atoms with van der Waals surface area (Å²) in [6, 6.07) is 5.52. The van der Waals surface area contributed by atoms with E-state index >= 15 is 0 Å². The van der Waals surface area contributed by atoms with Gasteiger partial charge in [-0.25, -0.2) is 4.98 Å². The Labute approximate surface area is 165 Å². The first-order valence-corrected chi connectivity index (χ1v) is 10.9. The van der Waals surface area contributed by atoms with E-state index in [1.807, 2.05) is 12.1 Å². The van der Waals surface area contributed by atoms with Crippen LogP contribution in [-0.2, 0) is 14.4 Å². The van der Waals surface area contributed by atoms with Crippen LogP contribution in [0, 0.1) is 11.8 Å². The number of nitrogens with zero attached hydrogens (tertiary/aromatic N) is 3. The van der Waals surface area contributed by atoms with E-state index in [-0.39, 0.29) is 29.6 Å². The van der Waals surface area contributed by atoms with Gasteiger partial charge in [0.2, 0.25) is 17.7 Å². The Morgan fingerprint density at radius 2 is 1.89 bits per heavy atom. The number of thiazole rings is 1. The number of hydrogen-bond acceptors (Lipinski definition) is 6. The first kappa shape index (κ1) is 18.4. The molecule has 0 radical (unpaired) electrons. The molecule has 1 aromatic carbocycles. The van der Waals surface area contributed by atoms with Gasteiger partial charge in [-0.1, -0.05) is 24.6 Å². The van der Waals surface area contributed by atoms with Gasteiger partial charge in [0, 0.05) is 14.1 Å². The first-order valence-electron chi connectivity index (χ1n) is 9.07. The van der Waals surface area contributed by atoms with Gasteiger partial charge in [-0.15, -0.1) is 11.3 Å². The van der Waals surface area contributed by atoms with E-state index in [0.29, 0.717) is 11.4 Å². The maximum atomic E-state index is 12.8. The number of amides is 3. The maximum absolute atomic E-state index is 12.8. The van der Waals surface area contributed by atoms with Crippen molar-refractivity contribution in [2.24, 2.45) is 11.8 Å². The molecule has 1 aromatic heterocycles. The van der Waals surface area contributed by atoms with Crippen molar-refractivity contribution < 1.29 is 14.4 Å². The fourth-order valence-corrected chi connectivity index (χ4v) is 5.84. The molecule has 0 spiro atoms. The molecule has 1 saturated heterocycles. The number of aromatic nitrogens is 1. The summed E-state index contributed by atoms with van der Waals surface area (Å²) in [5, 5.41) is 0. The number of thioether (sulfide) groups is 1. The highest BCUT2D eigenvalue weighted by atomic mass is 32.2. The van der Waals surface area contributed by atoms with E-state index in [9.17, 15) is 14.4 Å². The number of imide groups is 1. The topological polar surface area (TPSA) is 70.6 Å². The number of carbonyl (C=O) groups is 3. The quantitative estimate of drug-likeness (QED) is 0.579. The van der Waals surface area contributed by atoms with Crippen LogP contribution in [0.25, 0.3) is 10.2 Å². The molecule has 2 unspecified atom stereocenters. The molecule has 2 aliphatic rings. The molecular formula is C19H21N3O3S2. The Kier molecular flexibility index (Phi) is 4.94. The van der Waals surface area contributed by atoms with Crippen molar-refractivity contribution in [3.8, 4) is 0 Å². The predicted molar refractivity (Wildman–Crippen MR) is 107 cm³/mol. The van der Waals surface area contributed by atoms with Crippen LogP contribution >= 0.6 is 23.1 Å². The van der Waals surface area contributed by atoms with Gasteiger partial charge in [-0.05, 0) is 31.0 Å². The van der Waals surface area contributed by atoms with Gasteiger partial charge in [0.15, 0.2) is 4.34 Å². The summed E-state index contributed by atoms with van der Waals surface area (Å²) in [5.74, 6) is -0.0278. The van der Waals surface area contributed by atoms with Crippen LogP contribution in [-0.4, -0.2) is 47.5 Å². The maximum Gasteiger partial charge on any atom is 0.237 e. The van der Waals surface area contributed by atoms with Crippen molar-refractivity contribution in [3.05, 3.63) is 18.2 Å². The predicted octanol–water partition coefficient (Wildman–Crippen LogP) is 3.16. The third-order valence-electron chi connectivity index (χ3n) is 5.27. The molecule has 0 bridgehead atoms. The van der Waals surface area contributed by atoms with Crippen molar-refractivity contribution in [2.75, 3.05) is 24.7 Å². The number of rotatable bonds is 4. The molecule has 2 fully saturated rings. The highest BCUT2D eigenvalue weighted by molar-refractivity contribution is 8.01. The van der Waals surface area contributed by atoms with Gasteiger partial charge in [0.1, 0.15) is 0 Å². The van der Waals surface area contributed by atoms with Gasteiger partial charge >= 0.3 is 0 Å². The monoisotopic (exact) mass is 403 g/mol. The standard InChI is InChI=1S/C19H21N3O3S2/c1-21(2)16(23)10-26-19-20-14-8-7-11(9-15(14)27-19)22-17(24)12-5-3-4-6-13(12)18(22)25/h7-9,12-13H,3-6,10H2,1-2H3. The van der Waals surface area contributed by atoms with E-state index in [2.05, 4.69) is 4.98 Å². The van der Waals surface area contributed by atoms with Crippen molar-refractivity contribution in [2.45, 2.75) is 30.0 Å². The van der Waals surface area contributed by atoms with Crippen LogP contribution in [0.2, 0.25) is 0 Å². The minimum atomic E-state index is -0.147. The van der Waals surface area contributed by atoms with Crippen LogP contribution in [0.1, 0.15) is 25.7 Å². The van der Waals surface area contributed by atoms with E-state index in [1.54, 1.807) is 25.1 Å². The summed E-state index contributed by atoms with van der Waals surface area (Å²) in [7, 11) is 3.46. The number of benzene rings is 1. The molecule has 2 heterocycles. The average Bonchev–Trinajstić information content (AvgIpc) is 3.18. The Hall–Kier alpha value is -1.93. The van der Waals surface area contributed by atoms with E-state index in [1.165, 1.54) is 28.0 Å². The van der Waals surface area contributed by atoms with Crippen LogP contribution in [0.15, 0.2) is 22.5 Å². The van der Waals surface area contributed by atoms with E-state index in [4.69, 9.17) is 0 Å². The fourth-order valence-electron chi connectivity index (χ4n) is 3.76. The molecule has 4 rings (SSSR count). The van der Waals surface area contributed by atoms with Crippen molar-refractivity contribution >= 4 is 56.7 Å². The zero-order valence-corrected chi connectivity index (χ0v) is 16.9. The molecular weight excluding hydrogens is 382 g/mol. The zero-order chi connectivity index (χ0) is 19.1. The molecule has 3 amide bonds. The summed E-state index contributed by atoms with van der Waals surface area (Å²) in [5.41, 5.74) is 1.46. The van der Waals surface area contributed by atoms with Gasteiger partial charge in [-0.3, -0.25) is 19.3 Å². The smallest absolute Gasteiger partial charge is 0.237 e. The molecule has 8 heteroatoms. The normalized spacial score (nSPS) is 22.4. The highest BCUT2D eigenvalue weighted by Crippen LogP contribution is 2.41. The molecule has 6 nitrogen and oxygen atoms in total. The lowest BCUT2D eigenvalue weighted by Crippen LogP contribution is -2.30. The minimum absolute atomic E-state index is 0.0378. The second-order valence-corrected chi connectivity index (χ2v) is 9.47. The molecule has 0 N–H and O–H groups in total. The highest BCUT2D eigenvalue weighted by Gasteiger charge is 2.48. The second kappa shape index (κ2) is 7.24. The lowest BCUT2D eigenvalue weighted by atomic mass is 9.81. The van der Waals surface area contributed by atoms with E-state index in [0.717, 1.165) is 40.2 Å². The zero-order valence-electron chi connectivity index (χ0n) is 15.3. The number of fused-ring (bicyclic) bond motifs is 2. The molecule has 2 aromatic rings. The van der Waals surface area contributed by atoms with Gasteiger partial charge < -0.3 is 4.90 Å². The van der Waals surface area contributed by atoms with Gasteiger partial charge in [0.05, 0.1) is 33.5 Å². The third kappa shape index (κ3) is 3.36. The minimum Gasteiger partial charge on any atom is -0.348 e. The molecule has 1 aliphatic heterocycles. The Balaban J connectivity index is 1.57. The van der Waals surface area contributed by atoms with Crippen LogP contribution in [0.5, 0.6) is 0 Å². The largest absolute Gasteiger partial charge is 0.348 e. The Bertz CT molecular complexity index is 900. The summed E-state index contributed by atoms with van der Waals surface area (Å²) >= 11 is 2.89. The number of anilines is 1. The van der Waals surface area contributed by atoms with Crippen molar-refractivity contribution in [3.63, 3.8) is 0 Å². The SMILES string of the molecule is CN(C)C(=O)CSc1nc2ccc(N3C(=O)C4CCCCC4C3=O)cc2s1. The van der Waals surface area contributed by atoms with Crippen LogP contribution in [0.4, 0.5) is 5.69 Å². The lowest BCUT2D eigenvalue weighted by Gasteiger charge is -2.19. The second-order valence-electron chi connectivity index (χ2n) is 7.22. The fraction of sp³-hybridized carbons (Fsp3) is 0.474. The molecule has 27 heavy (non-hydrogen) atoms. The van der Waals surface area contributed by atoms with Gasteiger partial charge in [-0.2, -0.15) is 0 Å². The first-order chi connectivity index (χ1) is 13.0. The van der Waals surface area contributed by atoms with E-state index < -0.39 is 0 Å². The number of hydrogen-bond donors (Lipinski definition) is 0. The van der Waals surface area contributed by atoms with Crippen molar-refractivity contribution in [1.82, 2.24) is 9.88 Å². The third-order valence-corrected chi connectivity index (χ3v) is 7.42. The molecule has 2 atom stereocenters.